The second-order valence-electron chi connectivity index (χ2n) is 6.37. The molecule has 19 heavy (non-hydrogen) atoms. The van der Waals surface area contributed by atoms with Crippen molar-refractivity contribution in [1.82, 2.24) is 10.2 Å². The highest BCUT2D eigenvalue weighted by atomic mass is 16.2. The monoisotopic (exact) mass is 261 g/mol. The molecule has 1 N–H and O–H groups in total. The van der Waals surface area contributed by atoms with Crippen molar-refractivity contribution < 1.29 is 9.59 Å². The summed E-state index contributed by atoms with van der Waals surface area (Å²) in [5.74, 6) is -0.0385. The molecule has 1 aliphatic heterocycles. The molecule has 2 saturated carbocycles. The highest BCUT2D eigenvalue weighted by Gasteiger charge is 2.61. The summed E-state index contributed by atoms with van der Waals surface area (Å²) < 4.78 is 0. The Kier molecular flexibility index (Phi) is 2.68. The molecule has 0 aromatic rings. The van der Waals surface area contributed by atoms with E-state index in [9.17, 15) is 14.9 Å². The van der Waals surface area contributed by atoms with E-state index in [1.54, 1.807) is 0 Å². The molecule has 2 aliphatic carbocycles. The van der Waals surface area contributed by atoms with Crippen molar-refractivity contribution in [2.45, 2.75) is 44.7 Å². The van der Waals surface area contributed by atoms with Gasteiger partial charge in [-0.05, 0) is 39.0 Å². The fourth-order valence-corrected chi connectivity index (χ4v) is 3.20. The van der Waals surface area contributed by atoms with Crippen LogP contribution in [0.2, 0.25) is 0 Å². The van der Waals surface area contributed by atoms with E-state index in [1.807, 2.05) is 13.8 Å². The SMILES string of the molecule is CC(C)NC(C#N)(CN1C(=O)C2CC2C1=O)C1CC1. The summed E-state index contributed by atoms with van der Waals surface area (Å²) in [6, 6.07) is 2.50. The van der Waals surface area contributed by atoms with Gasteiger partial charge < -0.3 is 0 Å². The molecule has 3 aliphatic rings. The molecule has 3 atom stereocenters. The topological polar surface area (TPSA) is 73.2 Å². The lowest BCUT2D eigenvalue weighted by atomic mass is 9.93. The van der Waals surface area contributed by atoms with Crippen LogP contribution >= 0.6 is 0 Å². The van der Waals surface area contributed by atoms with Gasteiger partial charge in [0.2, 0.25) is 11.8 Å². The minimum atomic E-state index is -0.754. The molecule has 0 bridgehead atoms. The van der Waals surface area contributed by atoms with Crippen LogP contribution in [0.1, 0.15) is 33.1 Å². The Balaban J connectivity index is 1.80. The number of nitrogens with zero attached hydrogens (tertiary/aromatic N) is 2. The van der Waals surface area contributed by atoms with Gasteiger partial charge in [-0.25, -0.2) is 0 Å². The molecule has 3 unspecified atom stereocenters. The van der Waals surface area contributed by atoms with Crippen LogP contribution in [0.25, 0.3) is 0 Å². The third-order valence-electron chi connectivity index (χ3n) is 4.38. The van der Waals surface area contributed by atoms with E-state index < -0.39 is 5.54 Å². The zero-order chi connectivity index (χ0) is 13.8. The summed E-state index contributed by atoms with van der Waals surface area (Å²) >= 11 is 0. The van der Waals surface area contributed by atoms with Crippen molar-refractivity contribution in [2.24, 2.45) is 17.8 Å². The molecule has 0 aromatic carbocycles. The fourth-order valence-electron chi connectivity index (χ4n) is 3.20. The number of piperidine rings is 1. The number of carbonyl (C=O) groups excluding carboxylic acids is 2. The van der Waals surface area contributed by atoms with Crippen LogP contribution in [0.3, 0.4) is 0 Å². The molecule has 5 nitrogen and oxygen atoms in total. The lowest BCUT2D eigenvalue weighted by Crippen LogP contribution is -2.58. The molecular formula is C14H19N3O2. The van der Waals surface area contributed by atoms with Crippen molar-refractivity contribution in [1.29, 1.82) is 5.26 Å². The van der Waals surface area contributed by atoms with Crippen LogP contribution in [0.15, 0.2) is 0 Å². The Bertz CT molecular complexity index is 458. The van der Waals surface area contributed by atoms with Gasteiger partial charge in [-0.2, -0.15) is 5.26 Å². The summed E-state index contributed by atoms with van der Waals surface area (Å²) in [7, 11) is 0. The number of nitrogens with one attached hydrogen (secondary N) is 1. The van der Waals surface area contributed by atoms with Gasteiger partial charge in [-0.15, -0.1) is 0 Å². The van der Waals surface area contributed by atoms with E-state index in [4.69, 9.17) is 0 Å². The van der Waals surface area contributed by atoms with E-state index in [0.29, 0.717) is 0 Å². The zero-order valence-corrected chi connectivity index (χ0v) is 11.3. The first-order valence-corrected chi connectivity index (χ1v) is 7.02. The smallest absolute Gasteiger partial charge is 0.233 e. The normalized spacial score (nSPS) is 32.2. The minimum Gasteiger partial charge on any atom is -0.295 e. The Morgan fingerprint density at radius 3 is 2.37 bits per heavy atom. The molecule has 0 aromatic heterocycles. The van der Waals surface area contributed by atoms with Crippen LogP contribution in [0.4, 0.5) is 0 Å². The van der Waals surface area contributed by atoms with Gasteiger partial charge in [0.1, 0.15) is 5.54 Å². The van der Waals surface area contributed by atoms with Gasteiger partial charge in [-0.3, -0.25) is 19.8 Å². The van der Waals surface area contributed by atoms with E-state index in [1.165, 1.54) is 4.90 Å². The first-order chi connectivity index (χ1) is 8.98. The molecule has 0 spiro atoms. The summed E-state index contributed by atoms with van der Waals surface area (Å²) in [6.45, 7) is 4.19. The number of imide groups is 1. The number of amides is 2. The van der Waals surface area contributed by atoms with E-state index in [0.717, 1.165) is 19.3 Å². The highest BCUT2D eigenvalue weighted by Crippen LogP contribution is 2.48. The number of hydrogen-bond donors (Lipinski definition) is 1. The maximum atomic E-state index is 12.0. The van der Waals surface area contributed by atoms with E-state index in [2.05, 4.69) is 11.4 Å². The number of carbonyl (C=O) groups is 2. The molecule has 3 rings (SSSR count). The van der Waals surface area contributed by atoms with Crippen LogP contribution in [-0.2, 0) is 9.59 Å². The number of fused-ring (bicyclic) bond motifs is 1. The maximum Gasteiger partial charge on any atom is 0.233 e. The first kappa shape index (κ1) is 12.6. The lowest BCUT2D eigenvalue weighted by molar-refractivity contribution is -0.142. The lowest BCUT2D eigenvalue weighted by Gasteiger charge is -2.33. The number of nitriles is 1. The summed E-state index contributed by atoms with van der Waals surface area (Å²) in [6.07, 6.45) is 2.71. The largest absolute Gasteiger partial charge is 0.295 e. The summed E-state index contributed by atoms with van der Waals surface area (Å²) in [5, 5.41) is 12.9. The molecule has 102 valence electrons. The van der Waals surface area contributed by atoms with Gasteiger partial charge in [0.05, 0.1) is 24.4 Å². The maximum absolute atomic E-state index is 12.0. The van der Waals surface area contributed by atoms with Crippen LogP contribution in [0, 0.1) is 29.1 Å². The number of rotatable bonds is 5. The molecule has 0 radical (unpaired) electrons. The first-order valence-electron chi connectivity index (χ1n) is 7.02. The van der Waals surface area contributed by atoms with Gasteiger partial charge in [0.25, 0.3) is 0 Å². The molecule has 1 saturated heterocycles. The van der Waals surface area contributed by atoms with E-state index in [-0.39, 0.29) is 42.2 Å². The highest BCUT2D eigenvalue weighted by molar-refractivity contribution is 6.08. The predicted octanol–water partition coefficient (Wildman–Crippen LogP) is 0.662. The zero-order valence-electron chi connectivity index (χ0n) is 11.3. The van der Waals surface area contributed by atoms with Crippen molar-refractivity contribution in [3.05, 3.63) is 0 Å². The Hall–Kier alpha value is -1.41. The van der Waals surface area contributed by atoms with Crippen molar-refractivity contribution >= 4 is 11.8 Å². The third kappa shape index (κ3) is 1.95. The molecule has 5 heteroatoms. The average Bonchev–Trinajstić information content (AvgIpc) is 3.24. The van der Waals surface area contributed by atoms with Crippen LogP contribution in [0.5, 0.6) is 0 Å². The molecule has 1 heterocycles. The Labute approximate surface area is 112 Å². The quantitative estimate of drug-likeness (QED) is 0.738. The van der Waals surface area contributed by atoms with Gasteiger partial charge in [-0.1, -0.05) is 0 Å². The standard InChI is InChI=1S/C14H19N3O2/c1-8(2)16-14(6-15,9-3-4-9)7-17-12(18)10-5-11(10)13(17)19/h8-11,16H,3-5,7H2,1-2H3. The molecule has 3 fully saturated rings. The van der Waals surface area contributed by atoms with Crippen molar-refractivity contribution in [2.75, 3.05) is 6.54 Å². The van der Waals surface area contributed by atoms with Gasteiger partial charge in [0, 0.05) is 6.04 Å². The number of likely N-dealkylation sites (tertiary alicyclic amines) is 1. The minimum absolute atomic E-state index is 0.0687. The summed E-state index contributed by atoms with van der Waals surface area (Å²) in [5.41, 5.74) is -0.754. The fraction of sp³-hybridized carbons (Fsp3) is 0.786. The van der Waals surface area contributed by atoms with Crippen LogP contribution in [-0.4, -0.2) is 34.8 Å². The second-order valence-corrected chi connectivity index (χ2v) is 6.37. The average molecular weight is 261 g/mol. The number of hydrogen-bond acceptors (Lipinski definition) is 4. The molecule has 2 amide bonds. The second kappa shape index (κ2) is 4.04. The molecular weight excluding hydrogens is 242 g/mol. The van der Waals surface area contributed by atoms with Crippen LogP contribution < -0.4 is 5.32 Å². The Morgan fingerprint density at radius 2 is 1.95 bits per heavy atom. The third-order valence-corrected chi connectivity index (χ3v) is 4.38. The van der Waals surface area contributed by atoms with Gasteiger partial charge >= 0.3 is 0 Å². The van der Waals surface area contributed by atoms with Crippen molar-refractivity contribution in [3.8, 4) is 6.07 Å². The Morgan fingerprint density at radius 1 is 1.37 bits per heavy atom. The van der Waals surface area contributed by atoms with E-state index >= 15 is 0 Å². The van der Waals surface area contributed by atoms with Crippen molar-refractivity contribution in [3.63, 3.8) is 0 Å². The van der Waals surface area contributed by atoms with Gasteiger partial charge in [0.15, 0.2) is 0 Å². The summed E-state index contributed by atoms with van der Waals surface area (Å²) in [4.78, 5) is 25.4. The predicted molar refractivity (Wildman–Crippen MR) is 67.7 cm³/mol.